The maximum atomic E-state index is 12.9. The van der Waals surface area contributed by atoms with Crippen LogP contribution >= 0.6 is 0 Å². The van der Waals surface area contributed by atoms with Crippen LogP contribution < -0.4 is 0 Å². The van der Waals surface area contributed by atoms with Gasteiger partial charge in [-0.1, -0.05) is 36.4 Å². The Kier molecular flexibility index (Phi) is 4.71. The van der Waals surface area contributed by atoms with Crippen molar-refractivity contribution in [2.45, 2.75) is 25.4 Å². The minimum atomic E-state index is 0.0338. The molecule has 1 atom stereocenters. The molecule has 1 aromatic carbocycles. The topological polar surface area (TPSA) is 40.9 Å². The van der Waals surface area contributed by atoms with Crippen molar-refractivity contribution < 1.29 is 4.79 Å². The highest BCUT2D eigenvalue weighted by Gasteiger charge is 2.28. The van der Waals surface area contributed by atoms with Gasteiger partial charge in [0, 0.05) is 38.1 Å². The summed E-state index contributed by atoms with van der Waals surface area (Å²) in [5, 5.41) is 0. The van der Waals surface area contributed by atoms with E-state index in [1.807, 2.05) is 46.0 Å². The predicted octanol–water partition coefficient (Wildman–Crippen LogP) is 3.07. The molecule has 5 heteroatoms. The van der Waals surface area contributed by atoms with Crippen LogP contribution in [0.25, 0.3) is 5.65 Å². The molecule has 0 radical (unpaired) electrons. The number of rotatable bonds is 4. The normalized spacial score (nSPS) is 17.8. The maximum Gasteiger partial charge on any atom is 0.274 e. The number of imidazole rings is 1. The number of pyridine rings is 1. The highest BCUT2D eigenvalue weighted by molar-refractivity contribution is 5.93. The number of carbonyl (C=O) groups excluding carboxylic acids is 1. The largest absolute Gasteiger partial charge is 0.336 e. The van der Waals surface area contributed by atoms with Gasteiger partial charge in [0.15, 0.2) is 0 Å². The van der Waals surface area contributed by atoms with Crippen LogP contribution in [0.4, 0.5) is 0 Å². The minimum absolute atomic E-state index is 0.0338. The van der Waals surface area contributed by atoms with Gasteiger partial charge < -0.3 is 9.30 Å². The molecule has 1 amide bonds. The molecule has 2 aromatic heterocycles. The number of likely N-dealkylation sites (tertiary alicyclic amines) is 1. The Hall–Kier alpha value is -2.66. The minimum Gasteiger partial charge on any atom is -0.336 e. The van der Waals surface area contributed by atoms with Crippen LogP contribution in [0, 0.1) is 0 Å². The summed E-state index contributed by atoms with van der Waals surface area (Å²) in [5.74, 6) is 0.0338. The number of hydrogen-bond donors (Lipinski definition) is 0. The highest BCUT2D eigenvalue weighted by atomic mass is 16.2. The average Bonchev–Trinajstić information content (AvgIpc) is 3.12. The Morgan fingerprint density at radius 2 is 2.00 bits per heavy atom. The molecule has 0 saturated carbocycles. The summed E-state index contributed by atoms with van der Waals surface area (Å²) >= 11 is 0. The number of benzene rings is 1. The lowest BCUT2D eigenvalue weighted by atomic mass is 10.0. The number of carbonyl (C=O) groups is 1. The third-order valence-corrected chi connectivity index (χ3v) is 5.16. The summed E-state index contributed by atoms with van der Waals surface area (Å²) in [6, 6.07) is 16.7. The molecule has 1 aliphatic heterocycles. The van der Waals surface area contributed by atoms with E-state index >= 15 is 0 Å². The fraction of sp³-hybridized carbons (Fsp3) is 0.333. The average molecular weight is 348 g/mol. The molecule has 0 bridgehead atoms. The van der Waals surface area contributed by atoms with Crippen LogP contribution in [-0.4, -0.2) is 51.3 Å². The molecule has 0 spiro atoms. The number of likely N-dealkylation sites (N-methyl/N-ethyl adjacent to an activating group) is 1. The van der Waals surface area contributed by atoms with Gasteiger partial charge in [0.1, 0.15) is 11.3 Å². The van der Waals surface area contributed by atoms with Gasteiger partial charge in [0.2, 0.25) is 0 Å². The molecule has 0 unspecified atom stereocenters. The van der Waals surface area contributed by atoms with Gasteiger partial charge in [-0.25, -0.2) is 4.98 Å². The predicted molar refractivity (Wildman–Crippen MR) is 102 cm³/mol. The first-order chi connectivity index (χ1) is 12.7. The number of hydrogen-bond acceptors (Lipinski definition) is 3. The SMILES string of the molecule is CN(Cc1ccccc1)[C@H]1CCCN(C(=O)c2cn3ccccc3n2)C1. The van der Waals surface area contributed by atoms with Crippen LogP contribution in [0.1, 0.15) is 28.9 Å². The van der Waals surface area contributed by atoms with E-state index in [1.54, 1.807) is 0 Å². The van der Waals surface area contributed by atoms with E-state index in [-0.39, 0.29) is 5.91 Å². The van der Waals surface area contributed by atoms with Crippen molar-refractivity contribution in [3.63, 3.8) is 0 Å². The fourth-order valence-corrected chi connectivity index (χ4v) is 3.70. The van der Waals surface area contributed by atoms with Gasteiger partial charge in [-0.3, -0.25) is 9.69 Å². The molecule has 1 saturated heterocycles. The summed E-state index contributed by atoms with van der Waals surface area (Å²) in [6.45, 7) is 2.47. The summed E-state index contributed by atoms with van der Waals surface area (Å²) in [5.41, 5.74) is 2.65. The van der Waals surface area contributed by atoms with Gasteiger partial charge in [0.05, 0.1) is 0 Å². The standard InChI is InChI=1S/C21H24N4O/c1-23(14-17-8-3-2-4-9-17)18-10-7-13-25(15-18)21(26)19-16-24-12-6-5-11-20(24)22-19/h2-6,8-9,11-12,16,18H,7,10,13-15H2,1H3/t18-/m0/s1. The molecule has 0 N–H and O–H groups in total. The number of piperidine rings is 1. The van der Waals surface area contributed by atoms with Crippen molar-refractivity contribution >= 4 is 11.6 Å². The summed E-state index contributed by atoms with van der Waals surface area (Å²) < 4.78 is 1.90. The Balaban J connectivity index is 1.44. The van der Waals surface area contributed by atoms with Crippen LogP contribution in [0.3, 0.4) is 0 Å². The maximum absolute atomic E-state index is 12.9. The Morgan fingerprint density at radius 1 is 1.19 bits per heavy atom. The molecule has 4 rings (SSSR count). The second-order valence-corrected chi connectivity index (χ2v) is 7.04. The molecule has 3 heterocycles. The molecule has 5 nitrogen and oxygen atoms in total. The third kappa shape index (κ3) is 3.48. The molecule has 134 valence electrons. The van der Waals surface area contributed by atoms with E-state index in [4.69, 9.17) is 0 Å². The third-order valence-electron chi connectivity index (χ3n) is 5.16. The number of nitrogens with zero attached hydrogens (tertiary/aromatic N) is 4. The van der Waals surface area contributed by atoms with Crippen LogP contribution in [0.15, 0.2) is 60.9 Å². The molecule has 26 heavy (non-hydrogen) atoms. The van der Waals surface area contributed by atoms with E-state index < -0.39 is 0 Å². The van der Waals surface area contributed by atoms with Crippen molar-refractivity contribution in [3.05, 3.63) is 72.2 Å². The number of fused-ring (bicyclic) bond motifs is 1. The first-order valence-electron chi connectivity index (χ1n) is 9.18. The molecule has 1 aliphatic rings. The van der Waals surface area contributed by atoms with Crippen LogP contribution in [0.5, 0.6) is 0 Å². The Labute approximate surface area is 153 Å². The quantitative estimate of drug-likeness (QED) is 0.728. The lowest BCUT2D eigenvalue weighted by molar-refractivity contribution is 0.0597. The molecule has 3 aromatic rings. The lowest BCUT2D eigenvalue weighted by Gasteiger charge is -2.37. The Bertz CT molecular complexity index is 856. The van der Waals surface area contributed by atoms with Gasteiger partial charge in [-0.15, -0.1) is 0 Å². The van der Waals surface area contributed by atoms with E-state index in [9.17, 15) is 4.79 Å². The van der Waals surface area contributed by atoms with Crippen molar-refractivity contribution in [1.82, 2.24) is 19.2 Å². The fourth-order valence-electron chi connectivity index (χ4n) is 3.70. The summed E-state index contributed by atoms with van der Waals surface area (Å²) in [6.07, 6.45) is 5.90. The monoisotopic (exact) mass is 348 g/mol. The van der Waals surface area contributed by atoms with Crippen LogP contribution in [0.2, 0.25) is 0 Å². The molecular weight excluding hydrogens is 324 g/mol. The van der Waals surface area contributed by atoms with Gasteiger partial charge in [-0.05, 0) is 37.6 Å². The highest BCUT2D eigenvalue weighted by Crippen LogP contribution is 2.19. The van der Waals surface area contributed by atoms with Gasteiger partial charge >= 0.3 is 0 Å². The molecular formula is C21H24N4O. The summed E-state index contributed by atoms with van der Waals surface area (Å²) in [4.78, 5) is 21.7. The second-order valence-electron chi connectivity index (χ2n) is 7.04. The van der Waals surface area contributed by atoms with Crippen LogP contribution in [-0.2, 0) is 6.54 Å². The number of aromatic nitrogens is 2. The van der Waals surface area contributed by atoms with E-state index in [2.05, 4.69) is 41.2 Å². The summed E-state index contributed by atoms with van der Waals surface area (Å²) in [7, 11) is 2.15. The first kappa shape index (κ1) is 16.8. The molecule has 0 aliphatic carbocycles. The van der Waals surface area contributed by atoms with E-state index in [1.165, 1.54) is 5.56 Å². The second kappa shape index (κ2) is 7.30. The van der Waals surface area contributed by atoms with Crippen molar-refractivity contribution in [1.29, 1.82) is 0 Å². The zero-order valence-corrected chi connectivity index (χ0v) is 15.1. The Morgan fingerprint density at radius 3 is 2.81 bits per heavy atom. The van der Waals surface area contributed by atoms with Gasteiger partial charge in [0.25, 0.3) is 5.91 Å². The zero-order valence-electron chi connectivity index (χ0n) is 15.1. The van der Waals surface area contributed by atoms with E-state index in [0.717, 1.165) is 38.1 Å². The van der Waals surface area contributed by atoms with Crippen molar-refractivity contribution in [2.75, 3.05) is 20.1 Å². The smallest absolute Gasteiger partial charge is 0.274 e. The first-order valence-corrected chi connectivity index (χ1v) is 9.18. The lowest BCUT2D eigenvalue weighted by Crippen LogP contribution is -2.48. The van der Waals surface area contributed by atoms with E-state index in [0.29, 0.717) is 11.7 Å². The number of amides is 1. The zero-order chi connectivity index (χ0) is 17.9. The molecule has 1 fully saturated rings. The van der Waals surface area contributed by atoms with Crippen molar-refractivity contribution in [3.8, 4) is 0 Å². The van der Waals surface area contributed by atoms with Gasteiger partial charge in [-0.2, -0.15) is 0 Å². The van der Waals surface area contributed by atoms with Crippen molar-refractivity contribution in [2.24, 2.45) is 0 Å².